The molecule has 1 aromatic carbocycles. The van der Waals surface area contributed by atoms with Gasteiger partial charge >= 0.3 is 0 Å². The highest BCUT2D eigenvalue weighted by Crippen LogP contribution is 2.21. The van der Waals surface area contributed by atoms with Crippen molar-refractivity contribution in [2.75, 3.05) is 0 Å². The number of imidazole rings is 1. The second-order valence-electron chi connectivity index (χ2n) is 4.53. The van der Waals surface area contributed by atoms with E-state index in [0.717, 1.165) is 22.6 Å². The lowest BCUT2D eigenvalue weighted by molar-refractivity contribution is 0.637. The predicted octanol–water partition coefficient (Wildman–Crippen LogP) is 3.92. The van der Waals surface area contributed by atoms with E-state index >= 15 is 0 Å². The van der Waals surface area contributed by atoms with Crippen LogP contribution in [0.15, 0.2) is 23.6 Å². The highest BCUT2D eigenvalue weighted by molar-refractivity contribution is 7.09. The number of aryl methyl sites for hydroxylation is 3. The summed E-state index contributed by atoms with van der Waals surface area (Å²) in [5, 5.41) is 3.11. The van der Waals surface area contributed by atoms with Gasteiger partial charge in [-0.2, -0.15) is 0 Å². The number of aromatic nitrogens is 3. The Kier molecular flexibility index (Phi) is 3.72. The summed E-state index contributed by atoms with van der Waals surface area (Å²) in [6.07, 6.45) is 0.788. The summed E-state index contributed by atoms with van der Waals surface area (Å²) in [5.74, 6) is 0.653. The molecule has 104 valence electrons. The van der Waals surface area contributed by atoms with Gasteiger partial charge in [0.2, 0.25) is 0 Å². The van der Waals surface area contributed by atoms with Crippen LogP contribution in [0.1, 0.15) is 16.5 Å². The maximum Gasteiger partial charge on any atom is 0.151 e. The second kappa shape index (κ2) is 5.50. The summed E-state index contributed by atoms with van der Waals surface area (Å²) in [4.78, 5) is 8.73. The summed E-state index contributed by atoms with van der Waals surface area (Å²) in [6, 6.07) is 4.98. The molecule has 3 rings (SSSR count). The molecule has 3 aromatic rings. The molecule has 0 bridgehead atoms. The molecule has 0 radical (unpaired) electrons. The van der Waals surface area contributed by atoms with E-state index in [0.29, 0.717) is 17.9 Å². The third-order valence-electron chi connectivity index (χ3n) is 3.19. The van der Waals surface area contributed by atoms with Gasteiger partial charge in [0.25, 0.3) is 0 Å². The molecule has 0 aliphatic rings. The van der Waals surface area contributed by atoms with Gasteiger partial charge in [-0.1, -0.05) is 6.07 Å². The van der Waals surface area contributed by atoms with Gasteiger partial charge in [-0.25, -0.2) is 14.4 Å². The highest BCUT2D eigenvalue weighted by atomic mass is 35.5. The zero-order valence-electron chi connectivity index (χ0n) is 10.9. The summed E-state index contributed by atoms with van der Waals surface area (Å²) in [7, 11) is 0. The SMILES string of the molecule is Cc1nc(CCn2c(CCl)nc3c(F)cccc32)cs1. The zero-order valence-corrected chi connectivity index (χ0v) is 12.5. The molecule has 3 nitrogen and oxygen atoms in total. The maximum atomic E-state index is 13.8. The number of halogens is 2. The first kappa shape index (κ1) is 13.5. The van der Waals surface area contributed by atoms with Crippen molar-refractivity contribution in [1.29, 1.82) is 0 Å². The molecule has 2 aromatic heterocycles. The van der Waals surface area contributed by atoms with Crippen LogP contribution in [0.25, 0.3) is 11.0 Å². The number of alkyl halides is 1. The molecule has 0 amide bonds. The van der Waals surface area contributed by atoms with E-state index in [-0.39, 0.29) is 11.7 Å². The number of fused-ring (bicyclic) bond motifs is 1. The van der Waals surface area contributed by atoms with Gasteiger partial charge < -0.3 is 4.57 Å². The fourth-order valence-electron chi connectivity index (χ4n) is 2.26. The van der Waals surface area contributed by atoms with Crippen LogP contribution in [-0.2, 0) is 18.8 Å². The van der Waals surface area contributed by atoms with Gasteiger partial charge in [-0.3, -0.25) is 0 Å². The summed E-state index contributed by atoms with van der Waals surface area (Å²) >= 11 is 7.56. The molecular formula is C14H13ClFN3S. The smallest absolute Gasteiger partial charge is 0.151 e. The first-order valence-corrected chi connectivity index (χ1v) is 7.71. The van der Waals surface area contributed by atoms with Gasteiger partial charge in [0, 0.05) is 18.3 Å². The average molecular weight is 310 g/mol. The van der Waals surface area contributed by atoms with Crippen molar-refractivity contribution in [3.8, 4) is 0 Å². The highest BCUT2D eigenvalue weighted by Gasteiger charge is 2.13. The Balaban J connectivity index is 1.95. The van der Waals surface area contributed by atoms with Crippen LogP contribution in [0.2, 0.25) is 0 Å². The first-order chi connectivity index (χ1) is 9.69. The van der Waals surface area contributed by atoms with E-state index in [2.05, 4.69) is 15.3 Å². The number of hydrogen-bond donors (Lipinski definition) is 0. The topological polar surface area (TPSA) is 30.7 Å². The van der Waals surface area contributed by atoms with Crippen molar-refractivity contribution in [1.82, 2.24) is 14.5 Å². The lowest BCUT2D eigenvalue weighted by Gasteiger charge is -2.06. The molecule has 0 saturated heterocycles. The molecule has 0 atom stereocenters. The molecule has 0 aliphatic carbocycles. The minimum absolute atomic E-state index is 0.268. The number of benzene rings is 1. The van der Waals surface area contributed by atoms with Crippen LogP contribution in [-0.4, -0.2) is 14.5 Å². The average Bonchev–Trinajstić information content (AvgIpc) is 3.01. The maximum absolute atomic E-state index is 13.8. The molecule has 0 unspecified atom stereocenters. The van der Waals surface area contributed by atoms with Crippen molar-refractivity contribution in [3.63, 3.8) is 0 Å². The first-order valence-electron chi connectivity index (χ1n) is 6.29. The normalized spacial score (nSPS) is 11.3. The lowest BCUT2D eigenvalue weighted by atomic mass is 10.3. The Labute approximate surface area is 125 Å². The quantitative estimate of drug-likeness (QED) is 0.684. The number of rotatable bonds is 4. The van der Waals surface area contributed by atoms with Crippen LogP contribution < -0.4 is 0 Å². The Bertz CT molecular complexity index is 750. The third-order valence-corrected chi connectivity index (χ3v) is 4.25. The molecule has 0 saturated carbocycles. The monoisotopic (exact) mass is 309 g/mol. The molecule has 0 N–H and O–H groups in total. The third kappa shape index (κ3) is 2.43. The fraction of sp³-hybridized carbons (Fsp3) is 0.286. The van der Waals surface area contributed by atoms with Crippen LogP contribution in [0.3, 0.4) is 0 Å². The van der Waals surface area contributed by atoms with E-state index in [1.165, 1.54) is 6.07 Å². The van der Waals surface area contributed by atoms with Crippen molar-refractivity contribution >= 4 is 34.0 Å². The van der Waals surface area contributed by atoms with E-state index in [4.69, 9.17) is 11.6 Å². The van der Waals surface area contributed by atoms with Crippen molar-refractivity contribution in [2.24, 2.45) is 0 Å². The summed E-state index contributed by atoms with van der Waals surface area (Å²) < 4.78 is 15.7. The number of hydrogen-bond acceptors (Lipinski definition) is 3. The summed E-state index contributed by atoms with van der Waals surface area (Å²) in [6.45, 7) is 2.69. The molecule has 0 fully saturated rings. The van der Waals surface area contributed by atoms with Crippen molar-refractivity contribution in [2.45, 2.75) is 25.8 Å². The number of nitrogens with zero attached hydrogens (tertiary/aromatic N) is 3. The molecular weight excluding hydrogens is 297 g/mol. The van der Waals surface area contributed by atoms with Crippen LogP contribution in [0.4, 0.5) is 4.39 Å². The van der Waals surface area contributed by atoms with Crippen LogP contribution in [0.5, 0.6) is 0 Å². The van der Waals surface area contributed by atoms with E-state index in [9.17, 15) is 4.39 Å². The standard InChI is InChI=1S/C14H13ClFN3S/c1-9-17-10(8-20-9)5-6-19-12-4-2-3-11(16)14(12)18-13(19)7-15/h2-4,8H,5-7H2,1H3. The number of para-hydroxylation sites is 1. The van der Waals surface area contributed by atoms with Gasteiger partial charge in [-0.15, -0.1) is 22.9 Å². The van der Waals surface area contributed by atoms with Gasteiger partial charge in [0.05, 0.1) is 22.1 Å². The van der Waals surface area contributed by atoms with E-state index in [1.807, 2.05) is 17.6 Å². The van der Waals surface area contributed by atoms with Gasteiger partial charge in [0.15, 0.2) is 5.82 Å². The Morgan fingerprint density at radius 2 is 2.20 bits per heavy atom. The lowest BCUT2D eigenvalue weighted by Crippen LogP contribution is -2.05. The van der Waals surface area contributed by atoms with E-state index in [1.54, 1.807) is 17.4 Å². The van der Waals surface area contributed by atoms with Gasteiger partial charge in [-0.05, 0) is 19.1 Å². The zero-order chi connectivity index (χ0) is 14.1. The Hall–Kier alpha value is -1.46. The minimum Gasteiger partial charge on any atom is -0.326 e. The molecule has 6 heteroatoms. The van der Waals surface area contributed by atoms with Crippen molar-refractivity contribution in [3.05, 3.63) is 45.9 Å². The Morgan fingerprint density at radius 1 is 1.35 bits per heavy atom. The predicted molar refractivity (Wildman–Crippen MR) is 79.8 cm³/mol. The molecule has 0 aliphatic heterocycles. The summed E-state index contributed by atoms with van der Waals surface area (Å²) in [5.41, 5.74) is 2.22. The van der Waals surface area contributed by atoms with Crippen LogP contribution >= 0.6 is 22.9 Å². The van der Waals surface area contributed by atoms with Gasteiger partial charge in [0.1, 0.15) is 11.3 Å². The molecule has 2 heterocycles. The number of thiazole rings is 1. The largest absolute Gasteiger partial charge is 0.326 e. The molecule has 20 heavy (non-hydrogen) atoms. The Morgan fingerprint density at radius 3 is 2.90 bits per heavy atom. The molecule has 0 spiro atoms. The minimum atomic E-state index is -0.308. The van der Waals surface area contributed by atoms with Crippen molar-refractivity contribution < 1.29 is 4.39 Å². The second-order valence-corrected chi connectivity index (χ2v) is 5.86. The van der Waals surface area contributed by atoms with Crippen LogP contribution in [0, 0.1) is 12.7 Å². The fourth-order valence-corrected chi connectivity index (χ4v) is 3.11. The van der Waals surface area contributed by atoms with E-state index < -0.39 is 0 Å².